The molecule has 1 amide bonds. The molecule has 15 heavy (non-hydrogen) atoms. The van der Waals surface area contributed by atoms with Crippen molar-refractivity contribution in [3.05, 3.63) is 29.1 Å². The monoisotopic (exact) mass is 228 g/mol. The first-order chi connectivity index (χ1) is 6.79. The maximum absolute atomic E-state index is 11.5. The largest absolute Gasteiger partial charge is 0.283 e. The Morgan fingerprint density at radius 3 is 2.47 bits per heavy atom. The molecule has 1 rings (SSSR count). The van der Waals surface area contributed by atoms with E-state index in [-0.39, 0.29) is 5.69 Å². The quantitative estimate of drug-likeness (QED) is 0.794. The Labute approximate surface area is 88.6 Å². The third-order valence-electron chi connectivity index (χ3n) is 1.73. The highest BCUT2D eigenvalue weighted by Crippen LogP contribution is 2.06. The first-order valence-electron chi connectivity index (χ1n) is 4.26. The Hall–Kier alpha value is -1.43. The van der Waals surface area contributed by atoms with Gasteiger partial charge in [-0.3, -0.25) is 4.79 Å². The highest BCUT2D eigenvalue weighted by atomic mass is 32.2. The maximum Gasteiger partial charge on any atom is 0.283 e. The first kappa shape index (κ1) is 11.6. The minimum absolute atomic E-state index is 0.139. The van der Waals surface area contributed by atoms with Crippen LogP contribution in [0.3, 0.4) is 0 Å². The molecule has 0 aliphatic carbocycles. The van der Waals surface area contributed by atoms with Gasteiger partial charge >= 0.3 is 0 Å². The van der Waals surface area contributed by atoms with Gasteiger partial charge in [0.15, 0.2) is 0 Å². The van der Waals surface area contributed by atoms with E-state index in [1.165, 1.54) is 0 Å². The highest BCUT2D eigenvalue weighted by Gasteiger charge is 2.14. The van der Waals surface area contributed by atoms with E-state index in [2.05, 4.69) is 4.98 Å². The summed E-state index contributed by atoms with van der Waals surface area (Å²) in [5.74, 6) is -0.696. The molecule has 1 heterocycles. The third-order valence-corrected chi connectivity index (χ3v) is 2.29. The van der Waals surface area contributed by atoms with Gasteiger partial charge < -0.3 is 0 Å². The fraction of sp³-hybridized carbons (Fsp3) is 0.333. The number of carbonyl (C=O) groups excluding carboxylic acids is 1. The van der Waals surface area contributed by atoms with E-state index in [9.17, 15) is 13.2 Å². The van der Waals surface area contributed by atoms with E-state index < -0.39 is 15.9 Å². The summed E-state index contributed by atoms with van der Waals surface area (Å²) in [7, 11) is -3.54. The second-order valence-electron chi connectivity index (χ2n) is 3.32. The molecule has 0 fully saturated rings. The fourth-order valence-electron chi connectivity index (χ4n) is 1.07. The van der Waals surface area contributed by atoms with Crippen LogP contribution in [0, 0.1) is 13.8 Å². The number of aromatic nitrogens is 1. The average Bonchev–Trinajstić information content (AvgIpc) is 2.06. The van der Waals surface area contributed by atoms with Crippen molar-refractivity contribution in [2.45, 2.75) is 13.8 Å². The predicted octanol–water partition coefficient (Wildman–Crippen LogP) is 0.388. The van der Waals surface area contributed by atoms with Crippen molar-refractivity contribution < 1.29 is 13.2 Å². The summed E-state index contributed by atoms with van der Waals surface area (Å²) in [6.45, 7) is 3.43. The van der Waals surface area contributed by atoms with E-state index in [1.54, 1.807) is 26.0 Å². The molecule has 0 bridgehead atoms. The van der Waals surface area contributed by atoms with Crippen LogP contribution in [0.4, 0.5) is 0 Å². The van der Waals surface area contributed by atoms with Gasteiger partial charge in [-0.2, -0.15) is 0 Å². The van der Waals surface area contributed by atoms with Gasteiger partial charge in [0.1, 0.15) is 5.69 Å². The molecule has 0 atom stereocenters. The van der Waals surface area contributed by atoms with E-state index >= 15 is 0 Å². The molecule has 0 saturated carbocycles. The Balaban J connectivity index is 3.06. The zero-order valence-electron chi connectivity index (χ0n) is 8.73. The normalized spacial score (nSPS) is 11.1. The summed E-state index contributed by atoms with van der Waals surface area (Å²) < 4.78 is 23.6. The summed E-state index contributed by atoms with van der Waals surface area (Å²) in [5.41, 5.74) is 1.45. The Morgan fingerprint density at radius 2 is 1.93 bits per heavy atom. The molecule has 6 heteroatoms. The lowest BCUT2D eigenvalue weighted by atomic mass is 10.2. The molecule has 0 aromatic carbocycles. The van der Waals surface area contributed by atoms with E-state index in [1.807, 2.05) is 4.72 Å². The zero-order valence-corrected chi connectivity index (χ0v) is 9.55. The average molecular weight is 228 g/mol. The zero-order chi connectivity index (χ0) is 11.6. The molecule has 82 valence electrons. The van der Waals surface area contributed by atoms with Crippen molar-refractivity contribution in [2.75, 3.05) is 6.26 Å². The minimum Gasteiger partial charge on any atom is -0.266 e. The van der Waals surface area contributed by atoms with Gasteiger partial charge in [-0.05, 0) is 25.5 Å². The lowest BCUT2D eigenvalue weighted by molar-refractivity contribution is 0.0976. The molecule has 1 aromatic rings. The summed E-state index contributed by atoms with van der Waals surface area (Å²) >= 11 is 0. The van der Waals surface area contributed by atoms with Gasteiger partial charge in [-0.15, -0.1) is 0 Å². The topological polar surface area (TPSA) is 76.1 Å². The number of hydrogen-bond acceptors (Lipinski definition) is 4. The van der Waals surface area contributed by atoms with Crippen LogP contribution in [0.5, 0.6) is 0 Å². The number of nitrogens with one attached hydrogen (secondary N) is 1. The third kappa shape index (κ3) is 3.32. The minimum atomic E-state index is -3.54. The lowest BCUT2D eigenvalue weighted by Crippen LogP contribution is -2.30. The molecule has 0 aliphatic heterocycles. The summed E-state index contributed by atoms with van der Waals surface area (Å²) in [5, 5.41) is 0. The fourth-order valence-corrected chi connectivity index (χ4v) is 1.51. The molecule has 1 aromatic heterocycles. The molecule has 0 unspecified atom stereocenters. The number of carbonyl (C=O) groups is 1. The number of aryl methyl sites for hydroxylation is 2. The lowest BCUT2D eigenvalue weighted by Gasteiger charge is -2.05. The summed E-state index contributed by atoms with van der Waals surface area (Å²) in [4.78, 5) is 15.5. The van der Waals surface area contributed by atoms with Gasteiger partial charge in [0.25, 0.3) is 5.91 Å². The molecule has 0 saturated heterocycles. The van der Waals surface area contributed by atoms with Gasteiger partial charge in [0.05, 0.1) is 6.26 Å². The molecule has 1 N–H and O–H groups in total. The Kier molecular flexibility index (Phi) is 3.09. The van der Waals surface area contributed by atoms with Gasteiger partial charge in [0, 0.05) is 5.69 Å². The Morgan fingerprint density at radius 1 is 1.33 bits per heavy atom. The van der Waals surface area contributed by atoms with Gasteiger partial charge in [0.2, 0.25) is 10.0 Å². The molecule has 5 nitrogen and oxygen atoms in total. The number of sulfonamides is 1. The second-order valence-corrected chi connectivity index (χ2v) is 5.07. The molecular weight excluding hydrogens is 216 g/mol. The number of amides is 1. The van der Waals surface area contributed by atoms with Crippen molar-refractivity contribution in [2.24, 2.45) is 0 Å². The van der Waals surface area contributed by atoms with Crippen LogP contribution < -0.4 is 4.72 Å². The summed E-state index contributed by atoms with van der Waals surface area (Å²) in [6.07, 6.45) is 0.927. The smallest absolute Gasteiger partial charge is 0.266 e. The Bertz CT molecular complexity index is 494. The maximum atomic E-state index is 11.5. The van der Waals surface area contributed by atoms with Gasteiger partial charge in [-0.25, -0.2) is 18.1 Å². The van der Waals surface area contributed by atoms with Crippen LogP contribution in [-0.4, -0.2) is 25.6 Å². The van der Waals surface area contributed by atoms with E-state index in [0.717, 1.165) is 6.26 Å². The molecule has 0 aliphatic rings. The van der Waals surface area contributed by atoms with Crippen LogP contribution in [0.2, 0.25) is 0 Å². The molecular formula is C9H12N2O3S. The van der Waals surface area contributed by atoms with Crippen molar-refractivity contribution in [1.29, 1.82) is 0 Å². The standard InChI is InChI=1S/C9H12N2O3S/c1-6-4-5-7(2)10-8(6)9(12)11-15(3,13)14/h4-5H,1-3H3,(H,11,12). The van der Waals surface area contributed by atoms with Crippen molar-refractivity contribution in [1.82, 2.24) is 9.71 Å². The second kappa shape index (κ2) is 3.98. The van der Waals surface area contributed by atoms with Crippen molar-refractivity contribution in [3.8, 4) is 0 Å². The van der Waals surface area contributed by atoms with Crippen LogP contribution in [0.15, 0.2) is 12.1 Å². The number of rotatable bonds is 2. The van der Waals surface area contributed by atoms with Crippen LogP contribution in [-0.2, 0) is 10.0 Å². The molecule has 0 spiro atoms. The van der Waals surface area contributed by atoms with Gasteiger partial charge in [-0.1, -0.05) is 6.07 Å². The van der Waals surface area contributed by atoms with Crippen molar-refractivity contribution in [3.63, 3.8) is 0 Å². The first-order valence-corrected chi connectivity index (χ1v) is 6.15. The molecule has 0 radical (unpaired) electrons. The van der Waals surface area contributed by atoms with Crippen LogP contribution in [0.25, 0.3) is 0 Å². The number of nitrogens with zero attached hydrogens (tertiary/aromatic N) is 1. The van der Waals surface area contributed by atoms with Crippen LogP contribution in [0.1, 0.15) is 21.7 Å². The predicted molar refractivity (Wildman–Crippen MR) is 56.0 cm³/mol. The van der Waals surface area contributed by atoms with Crippen molar-refractivity contribution >= 4 is 15.9 Å². The number of pyridine rings is 1. The summed E-state index contributed by atoms with van der Waals surface area (Å²) in [6, 6.07) is 3.48. The van der Waals surface area contributed by atoms with E-state index in [0.29, 0.717) is 11.3 Å². The number of hydrogen-bond donors (Lipinski definition) is 1. The SMILES string of the molecule is Cc1ccc(C)c(C(=O)NS(C)(=O)=O)n1. The van der Waals surface area contributed by atoms with E-state index in [4.69, 9.17) is 0 Å². The highest BCUT2D eigenvalue weighted by molar-refractivity contribution is 7.89. The van der Waals surface area contributed by atoms with Crippen LogP contribution >= 0.6 is 0 Å².